The summed E-state index contributed by atoms with van der Waals surface area (Å²) in [6.45, 7) is 0. The standard InChI is InChI=1S/C21H13FN4OS2/c22-14-7-5-13(6-8-14)19-16-3-1-2-4-17(16)20(25-24-19)29-12-15-11-18(27)26-9-10-28-21(26)23-15/h1-11H,12H2. The maximum absolute atomic E-state index is 13.3. The Labute approximate surface area is 172 Å². The van der Waals surface area contributed by atoms with Crippen LogP contribution < -0.4 is 5.56 Å². The number of hydrogen-bond donors (Lipinski definition) is 0. The Balaban J connectivity index is 1.51. The molecule has 0 bridgehead atoms. The van der Waals surface area contributed by atoms with Gasteiger partial charge in [0.15, 0.2) is 4.96 Å². The first-order chi connectivity index (χ1) is 14.2. The van der Waals surface area contributed by atoms with E-state index in [0.717, 1.165) is 21.4 Å². The minimum Gasteiger partial charge on any atom is -0.269 e. The molecule has 5 rings (SSSR count). The molecule has 142 valence electrons. The highest BCUT2D eigenvalue weighted by Crippen LogP contribution is 2.32. The van der Waals surface area contributed by atoms with E-state index < -0.39 is 0 Å². The van der Waals surface area contributed by atoms with Gasteiger partial charge in [-0.2, -0.15) is 0 Å². The Kier molecular flexibility index (Phi) is 4.57. The van der Waals surface area contributed by atoms with Gasteiger partial charge in [0.05, 0.1) is 5.69 Å². The molecule has 0 saturated heterocycles. The molecule has 0 unspecified atom stereocenters. The van der Waals surface area contributed by atoms with Gasteiger partial charge in [0.1, 0.15) is 16.5 Å². The average molecular weight is 420 g/mol. The smallest absolute Gasteiger partial charge is 0.258 e. The number of benzene rings is 2. The summed E-state index contributed by atoms with van der Waals surface area (Å²) in [5, 5.41) is 13.3. The topological polar surface area (TPSA) is 60.2 Å². The molecule has 0 spiro atoms. The number of fused-ring (bicyclic) bond motifs is 2. The molecule has 0 aliphatic rings. The number of halogens is 1. The fourth-order valence-corrected chi connectivity index (χ4v) is 4.71. The molecular formula is C21H13FN4OS2. The molecule has 0 radical (unpaired) electrons. The van der Waals surface area contributed by atoms with Gasteiger partial charge in [0.25, 0.3) is 5.56 Å². The summed E-state index contributed by atoms with van der Waals surface area (Å²) >= 11 is 2.92. The second-order valence-electron chi connectivity index (χ2n) is 6.34. The lowest BCUT2D eigenvalue weighted by Crippen LogP contribution is -2.12. The third-order valence-electron chi connectivity index (χ3n) is 4.48. The van der Waals surface area contributed by atoms with Crippen molar-refractivity contribution in [3.63, 3.8) is 0 Å². The Morgan fingerprint density at radius 3 is 2.66 bits per heavy atom. The summed E-state index contributed by atoms with van der Waals surface area (Å²) in [7, 11) is 0. The zero-order chi connectivity index (χ0) is 19.8. The van der Waals surface area contributed by atoms with Gasteiger partial charge in [-0.3, -0.25) is 9.20 Å². The first kappa shape index (κ1) is 18.0. The van der Waals surface area contributed by atoms with Crippen molar-refractivity contribution >= 4 is 38.8 Å². The van der Waals surface area contributed by atoms with Gasteiger partial charge >= 0.3 is 0 Å². The molecule has 2 aromatic carbocycles. The molecule has 0 amide bonds. The Morgan fingerprint density at radius 1 is 1.03 bits per heavy atom. The molecule has 0 aliphatic carbocycles. The van der Waals surface area contributed by atoms with Gasteiger partial charge in [-0.25, -0.2) is 9.37 Å². The van der Waals surface area contributed by atoms with Crippen LogP contribution in [0.2, 0.25) is 0 Å². The van der Waals surface area contributed by atoms with E-state index in [4.69, 9.17) is 0 Å². The maximum atomic E-state index is 13.3. The van der Waals surface area contributed by atoms with E-state index in [2.05, 4.69) is 15.2 Å². The van der Waals surface area contributed by atoms with Gasteiger partial charge < -0.3 is 0 Å². The summed E-state index contributed by atoms with van der Waals surface area (Å²) in [5.41, 5.74) is 2.14. The van der Waals surface area contributed by atoms with Crippen LogP contribution in [0, 0.1) is 5.82 Å². The number of thioether (sulfide) groups is 1. The zero-order valence-electron chi connectivity index (χ0n) is 14.9. The van der Waals surface area contributed by atoms with Crippen LogP contribution in [0.3, 0.4) is 0 Å². The fraction of sp³-hybridized carbons (Fsp3) is 0.0476. The highest BCUT2D eigenvalue weighted by molar-refractivity contribution is 7.98. The van der Waals surface area contributed by atoms with Crippen LogP contribution in [-0.2, 0) is 5.75 Å². The van der Waals surface area contributed by atoms with Crippen LogP contribution in [0.5, 0.6) is 0 Å². The summed E-state index contributed by atoms with van der Waals surface area (Å²) in [4.78, 5) is 17.4. The van der Waals surface area contributed by atoms with E-state index in [0.29, 0.717) is 22.1 Å². The van der Waals surface area contributed by atoms with Crippen molar-refractivity contribution in [3.05, 3.63) is 88.0 Å². The van der Waals surface area contributed by atoms with Gasteiger partial charge in [0.2, 0.25) is 0 Å². The fourth-order valence-electron chi connectivity index (χ4n) is 3.11. The molecule has 8 heteroatoms. The van der Waals surface area contributed by atoms with Crippen molar-refractivity contribution in [1.82, 2.24) is 19.6 Å². The van der Waals surface area contributed by atoms with E-state index in [-0.39, 0.29) is 11.4 Å². The normalized spacial score (nSPS) is 11.3. The van der Waals surface area contributed by atoms with Gasteiger partial charge in [-0.15, -0.1) is 21.5 Å². The van der Waals surface area contributed by atoms with E-state index >= 15 is 0 Å². The van der Waals surface area contributed by atoms with Crippen LogP contribution in [0.15, 0.2) is 76.0 Å². The molecule has 29 heavy (non-hydrogen) atoms. The van der Waals surface area contributed by atoms with Crippen molar-refractivity contribution in [1.29, 1.82) is 0 Å². The summed E-state index contributed by atoms with van der Waals surface area (Å²) in [6, 6.07) is 15.6. The highest BCUT2D eigenvalue weighted by Gasteiger charge is 2.12. The number of hydrogen-bond acceptors (Lipinski definition) is 6. The number of nitrogens with zero attached hydrogens (tertiary/aromatic N) is 4. The molecule has 0 saturated carbocycles. The molecule has 0 atom stereocenters. The number of thiazole rings is 1. The second kappa shape index (κ2) is 7.38. The largest absolute Gasteiger partial charge is 0.269 e. The van der Waals surface area contributed by atoms with Crippen LogP contribution in [0.25, 0.3) is 27.0 Å². The first-order valence-corrected chi connectivity index (χ1v) is 10.7. The summed E-state index contributed by atoms with van der Waals surface area (Å²) in [5.74, 6) is 0.224. The van der Waals surface area contributed by atoms with E-state index in [1.165, 1.54) is 39.6 Å². The third kappa shape index (κ3) is 3.41. The lowest BCUT2D eigenvalue weighted by Gasteiger charge is -2.09. The summed E-state index contributed by atoms with van der Waals surface area (Å²) < 4.78 is 14.8. The van der Waals surface area contributed by atoms with Crippen molar-refractivity contribution in [2.24, 2.45) is 0 Å². The van der Waals surface area contributed by atoms with Gasteiger partial charge in [0, 0.05) is 39.7 Å². The van der Waals surface area contributed by atoms with Crippen LogP contribution in [-0.4, -0.2) is 19.6 Å². The van der Waals surface area contributed by atoms with Crippen LogP contribution >= 0.6 is 23.1 Å². The average Bonchev–Trinajstić information content (AvgIpc) is 3.22. The first-order valence-electron chi connectivity index (χ1n) is 8.79. The molecule has 0 aliphatic heterocycles. The monoisotopic (exact) mass is 420 g/mol. The van der Waals surface area contributed by atoms with Crippen LogP contribution in [0.1, 0.15) is 5.69 Å². The van der Waals surface area contributed by atoms with Crippen molar-refractivity contribution in [2.45, 2.75) is 10.8 Å². The Bertz CT molecular complexity index is 1400. The van der Waals surface area contributed by atoms with E-state index in [9.17, 15) is 9.18 Å². The number of rotatable bonds is 4. The molecule has 3 aromatic heterocycles. The molecule has 5 nitrogen and oxygen atoms in total. The van der Waals surface area contributed by atoms with Gasteiger partial charge in [-0.05, 0) is 24.3 Å². The third-order valence-corrected chi connectivity index (χ3v) is 6.26. The van der Waals surface area contributed by atoms with Crippen molar-refractivity contribution in [3.8, 4) is 11.3 Å². The minimum absolute atomic E-state index is 0.0885. The lowest BCUT2D eigenvalue weighted by atomic mass is 10.1. The SMILES string of the molecule is O=c1cc(CSc2nnc(-c3ccc(F)cc3)c3ccccc23)nc2sccn12. The van der Waals surface area contributed by atoms with Crippen LogP contribution in [0.4, 0.5) is 4.39 Å². The molecular weight excluding hydrogens is 407 g/mol. The van der Waals surface area contributed by atoms with Gasteiger partial charge in [-0.1, -0.05) is 36.0 Å². The minimum atomic E-state index is -0.288. The predicted octanol–water partition coefficient (Wildman–Crippen LogP) is 4.80. The van der Waals surface area contributed by atoms with Crippen molar-refractivity contribution < 1.29 is 4.39 Å². The lowest BCUT2D eigenvalue weighted by molar-refractivity contribution is 0.628. The Morgan fingerprint density at radius 2 is 1.83 bits per heavy atom. The van der Waals surface area contributed by atoms with E-state index in [1.54, 1.807) is 24.4 Å². The molecule has 5 aromatic rings. The quantitative estimate of drug-likeness (QED) is 0.391. The van der Waals surface area contributed by atoms with E-state index in [1.807, 2.05) is 29.6 Å². The summed E-state index contributed by atoms with van der Waals surface area (Å²) in [6.07, 6.45) is 1.72. The number of aromatic nitrogens is 4. The predicted molar refractivity (Wildman–Crippen MR) is 114 cm³/mol. The molecule has 0 N–H and O–H groups in total. The maximum Gasteiger partial charge on any atom is 0.258 e. The molecule has 0 fully saturated rings. The Hall–Kier alpha value is -3.10. The molecule has 3 heterocycles. The second-order valence-corrected chi connectivity index (χ2v) is 8.17. The highest BCUT2D eigenvalue weighted by atomic mass is 32.2. The zero-order valence-corrected chi connectivity index (χ0v) is 16.6. The van der Waals surface area contributed by atoms with Crippen molar-refractivity contribution in [2.75, 3.05) is 0 Å².